The molecule has 0 amide bonds. The van der Waals surface area contributed by atoms with Crippen molar-refractivity contribution in [1.82, 2.24) is 14.6 Å². The molecule has 15 heteroatoms. The van der Waals surface area contributed by atoms with Crippen molar-refractivity contribution >= 4 is 26.5 Å². The second-order valence-corrected chi connectivity index (χ2v) is 10.0. The zero-order chi connectivity index (χ0) is 20.0. The van der Waals surface area contributed by atoms with Crippen molar-refractivity contribution in [2.75, 3.05) is 18.2 Å². The standard InChI is InChI=1S/C12H18N4O9P2/c13-12-7-2-1-6(16(7)15-4-14-12)11-10(18)9(17)8(25-11)3-24-27(22,23)5-26(19,20)21/h1-2,4,8-11,17-18H,3,5H2,(H,22,23)(H2,13,14,15)(H2,19,20,21)/t8-,9-,10-,11+/m1/s1. The average molecular weight is 424 g/mol. The molecule has 0 saturated carbocycles. The van der Waals surface area contributed by atoms with Gasteiger partial charge in [0.1, 0.15) is 36.3 Å². The SMILES string of the molecule is Nc1ncnn2c([C@@H]3O[C@H](COP(=O)(O)CP(=O)(O)O)[C@@H](O)[C@H]3O)ccc12. The van der Waals surface area contributed by atoms with E-state index in [4.69, 9.17) is 20.3 Å². The van der Waals surface area contributed by atoms with E-state index in [-0.39, 0.29) is 5.82 Å². The Kier molecular flexibility index (Phi) is 5.43. The van der Waals surface area contributed by atoms with Gasteiger partial charge in [-0.05, 0) is 12.1 Å². The van der Waals surface area contributed by atoms with Crippen LogP contribution in [0.25, 0.3) is 5.52 Å². The van der Waals surface area contributed by atoms with Gasteiger partial charge in [-0.25, -0.2) is 9.50 Å². The summed E-state index contributed by atoms with van der Waals surface area (Å²) in [5.41, 5.74) is 6.55. The summed E-state index contributed by atoms with van der Waals surface area (Å²) in [4.78, 5) is 30.9. The summed E-state index contributed by atoms with van der Waals surface area (Å²) in [7, 11) is -9.40. The normalized spacial score (nSPS) is 28.5. The molecule has 1 unspecified atom stereocenters. The summed E-state index contributed by atoms with van der Waals surface area (Å²) in [6.07, 6.45) is -3.95. The Labute approximate surface area is 152 Å². The molecule has 2 aromatic heterocycles. The minimum Gasteiger partial charge on any atom is -0.387 e. The molecule has 0 aliphatic carbocycles. The molecule has 0 bridgehead atoms. The lowest BCUT2D eigenvalue weighted by molar-refractivity contribution is -0.0203. The average Bonchev–Trinajstić information content (AvgIpc) is 3.07. The first-order valence-electron chi connectivity index (χ1n) is 7.59. The molecule has 150 valence electrons. The first-order valence-corrected chi connectivity index (χ1v) is 11.2. The van der Waals surface area contributed by atoms with Gasteiger partial charge in [-0.2, -0.15) is 5.10 Å². The van der Waals surface area contributed by atoms with Gasteiger partial charge in [-0.15, -0.1) is 0 Å². The maximum absolute atomic E-state index is 11.7. The van der Waals surface area contributed by atoms with E-state index in [1.165, 1.54) is 10.8 Å². The van der Waals surface area contributed by atoms with E-state index in [9.17, 15) is 24.2 Å². The van der Waals surface area contributed by atoms with Crippen LogP contribution in [0.3, 0.4) is 0 Å². The first-order chi connectivity index (χ1) is 12.5. The smallest absolute Gasteiger partial charge is 0.340 e. The van der Waals surface area contributed by atoms with Crippen LogP contribution in [0.15, 0.2) is 18.5 Å². The van der Waals surface area contributed by atoms with Crippen LogP contribution in [0.2, 0.25) is 0 Å². The van der Waals surface area contributed by atoms with Gasteiger partial charge in [-0.3, -0.25) is 9.13 Å². The zero-order valence-electron chi connectivity index (χ0n) is 13.6. The molecule has 1 saturated heterocycles. The van der Waals surface area contributed by atoms with Crippen molar-refractivity contribution in [1.29, 1.82) is 0 Å². The number of anilines is 1. The fourth-order valence-electron chi connectivity index (χ4n) is 2.78. The number of hydrogen-bond donors (Lipinski definition) is 6. The monoisotopic (exact) mass is 424 g/mol. The third-order valence-corrected chi connectivity index (χ3v) is 7.42. The van der Waals surface area contributed by atoms with Crippen LogP contribution in [0.5, 0.6) is 0 Å². The van der Waals surface area contributed by atoms with E-state index in [1.807, 2.05) is 0 Å². The minimum atomic E-state index is -4.78. The fraction of sp³-hybridized carbons (Fsp3) is 0.500. The molecule has 27 heavy (non-hydrogen) atoms. The van der Waals surface area contributed by atoms with E-state index >= 15 is 0 Å². The van der Waals surface area contributed by atoms with Crippen LogP contribution in [-0.4, -0.2) is 70.3 Å². The van der Waals surface area contributed by atoms with Crippen LogP contribution in [0.4, 0.5) is 5.82 Å². The largest absolute Gasteiger partial charge is 0.387 e. The highest BCUT2D eigenvalue weighted by Crippen LogP contribution is 2.55. The van der Waals surface area contributed by atoms with Crippen LogP contribution in [0, 0.1) is 0 Å². The topological polar surface area (TPSA) is 210 Å². The third kappa shape index (κ3) is 4.37. The minimum absolute atomic E-state index is 0.197. The molecule has 3 heterocycles. The molecular formula is C12H18N4O9P2. The van der Waals surface area contributed by atoms with Crippen molar-refractivity contribution < 1.29 is 43.3 Å². The van der Waals surface area contributed by atoms with E-state index < -0.39 is 52.1 Å². The quantitative estimate of drug-likeness (QED) is 0.302. The maximum atomic E-state index is 11.7. The highest BCUT2D eigenvalue weighted by molar-refractivity contribution is 7.70. The molecule has 1 aliphatic rings. The summed E-state index contributed by atoms with van der Waals surface area (Å²) in [6, 6.07) is 3.16. The van der Waals surface area contributed by atoms with Gasteiger partial charge in [0.15, 0.2) is 11.7 Å². The molecule has 13 nitrogen and oxygen atoms in total. The predicted molar refractivity (Wildman–Crippen MR) is 89.7 cm³/mol. The summed E-state index contributed by atoms with van der Waals surface area (Å²) in [5.74, 6) is -1.17. The van der Waals surface area contributed by atoms with Gasteiger partial charge in [0.2, 0.25) is 0 Å². The number of hydrogen-bond acceptors (Lipinski definition) is 9. The molecule has 0 spiro atoms. The number of fused-ring (bicyclic) bond motifs is 1. The lowest BCUT2D eigenvalue weighted by atomic mass is 10.1. The number of aromatic nitrogens is 3. The highest BCUT2D eigenvalue weighted by atomic mass is 31.2. The second kappa shape index (κ2) is 7.21. The number of ether oxygens (including phenoxy) is 1. The van der Waals surface area contributed by atoms with Crippen LogP contribution < -0.4 is 5.73 Å². The summed E-state index contributed by atoms with van der Waals surface area (Å²) >= 11 is 0. The van der Waals surface area contributed by atoms with Gasteiger partial charge in [0.05, 0.1) is 12.3 Å². The Bertz CT molecular complexity index is 931. The lowest BCUT2D eigenvalue weighted by Crippen LogP contribution is -2.33. The Morgan fingerprint density at radius 3 is 2.59 bits per heavy atom. The van der Waals surface area contributed by atoms with Crippen LogP contribution in [-0.2, 0) is 18.4 Å². The molecule has 2 aromatic rings. The third-order valence-electron chi connectivity index (χ3n) is 3.97. The summed E-state index contributed by atoms with van der Waals surface area (Å²) in [6.45, 7) is -0.664. The molecular weight excluding hydrogens is 406 g/mol. The molecule has 0 radical (unpaired) electrons. The number of rotatable bonds is 6. The van der Waals surface area contributed by atoms with Crippen molar-refractivity contribution in [2.45, 2.75) is 24.4 Å². The van der Waals surface area contributed by atoms with Crippen LogP contribution >= 0.6 is 15.2 Å². The van der Waals surface area contributed by atoms with E-state index in [0.717, 1.165) is 0 Å². The van der Waals surface area contributed by atoms with Gasteiger partial charge in [-0.1, -0.05) is 0 Å². The van der Waals surface area contributed by atoms with Crippen molar-refractivity contribution in [3.05, 3.63) is 24.2 Å². The fourth-order valence-corrected chi connectivity index (χ4v) is 5.35. The van der Waals surface area contributed by atoms with Gasteiger partial charge >= 0.3 is 15.2 Å². The maximum Gasteiger partial charge on any atom is 0.340 e. The number of nitrogens with two attached hydrogens (primary N) is 1. The molecule has 1 fully saturated rings. The first kappa shape index (κ1) is 20.3. The van der Waals surface area contributed by atoms with Crippen molar-refractivity contribution in [3.63, 3.8) is 0 Å². The predicted octanol–water partition coefficient (Wildman–Crippen LogP) is -1.19. The van der Waals surface area contributed by atoms with Crippen molar-refractivity contribution in [2.24, 2.45) is 0 Å². The molecule has 0 aromatic carbocycles. The van der Waals surface area contributed by atoms with E-state index in [1.54, 1.807) is 12.1 Å². The van der Waals surface area contributed by atoms with Crippen molar-refractivity contribution in [3.8, 4) is 0 Å². The lowest BCUT2D eigenvalue weighted by Gasteiger charge is -2.18. The number of nitrogens with zero attached hydrogens (tertiary/aromatic N) is 3. The highest BCUT2D eigenvalue weighted by Gasteiger charge is 2.45. The Hall–Kier alpha value is -1.40. The van der Waals surface area contributed by atoms with E-state index in [2.05, 4.69) is 14.6 Å². The van der Waals surface area contributed by atoms with Gasteiger partial charge in [0.25, 0.3) is 0 Å². The Balaban J connectivity index is 1.75. The van der Waals surface area contributed by atoms with Gasteiger partial charge < -0.3 is 39.9 Å². The summed E-state index contributed by atoms with van der Waals surface area (Å²) < 4.78 is 34.1. The number of aliphatic hydroxyl groups is 2. The number of nitrogen functional groups attached to an aromatic ring is 1. The molecule has 1 aliphatic heterocycles. The van der Waals surface area contributed by atoms with Crippen LogP contribution in [0.1, 0.15) is 11.8 Å². The zero-order valence-corrected chi connectivity index (χ0v) is 15.4. The molecule has 7 N–H and O–H groups in total. The van der Waals surface area contributed by atoms with E-state index in [0.29, 0.717) is 11.2 Å². The Morgan fingerprint density at radius 1 is 1.22 bits per heavy atom. The molecule has 5 atom stereocenters. The number of aliphatic hydroxyl groups excluding tert-OH is 2. The molecule has 3 rings (SSSR count). The second-order valence-electron chi connectivity index (χ2n) is 6.02. The Morgan fingerprint density at radius 2 is 1.93 bits per heavy atom. The summed E-state index contributed by atoms with van der Waals surface area (Å²) in [5, 5.41) is 24.4. The van der Waals surface area contributed by atoms with Gasteiger partial charge in [0, 0.05) is 0 Å².